The van der Waals surface area contributed by atoms with Crippen LogP contribution < -0.4 is 0 Å². The molecule has 0 heteroatoms. The van der Waals surface area contributed by atoms with Crippen molar-refractivity contribution in [3.63, 3.8) is 0 Å². The summed E-state index contributed by atoms with van der Waals surface area (Å²) >= 11 is 0. The van der Waals surface area contributed by atoms with Crippen LogP contribution in [0.4, 0.5) is 0 Å². The maximum atomic E-state index is 2.36. The second-order valence-corrected chi connectivity index (χ2v) is 6.07. The van der Waals surface area contributed by atoms with E-state index >= 15 is 0 Å². The van der Waals surface area contributed by atoms with Gasteiger partial charge in [-0.1, -0.05) is 60.5 Å². The van der Waals surface area contributed by atoms with Crippen LogP contribution in [0.3, 0.4) is 0 Å². The third kappa shape index (κ3) is 3.85. The number of rotatable bonds is 4. The number of hydrogen-bond acceptors (Lipinski definition) is 0. The summed E-state index contributed by atoms with van der Waals surface area (Å²) in [4.78, 5) is 0. The Morgan fingerprint density at radius 3 is 2.10 bits per heavy atom. The van der Waals surface area contributed by atoms with Crippen LogP contribution in [0.5, 0.6) is 0 Å². The Hall–Kier alpha value is -1.82. The van der Waals surface area contributed by atoms with E-state index in [0.717, 1.165) is 12.8 Å². The zero-order valence-corrected chi connectivity index (χ0v) is 14.0. The van der Waals surface area contributed by atoms with Crippen molar-refractivity contribution in [2.24, 2.45) is 0 Å². The molecule has 0 nitrogen and oxygen atoms in total. The molecule has 0 aliphatic carbocycles. The fourth-order valence-electron chi connectivity index (χ4n) is 2.62. The highest BCUT2D eigenvalue weighted by molar-refractivity contribution is 5.69. The van der Waals surface area contributed by atoms with Crippen LogP contribution in [0.15, 0.2) is 48.0 Å². The lowest BCUT2D eigenvalue weighted by Crippen LogP contribution is -1.94. The highest BCUT2D eigenvalue weighted by Gasteiger charge is 2.06. The van der Waals surface area contributed by atoms with Crippen molar-refractivity contribution in [1.82, 2.24) is 0 Å². The first-order chi connectivity index (χ1) is 10.0. The van der Waals surface area contributed by atoms with Gasteiger partial charge in [-0.3, -0.25) is 0 Å². The van der Waals surface area contributed by atoms with Gasteiger partial charge in [0.2, 0.25) is 0 Å². The molecular weight excluding hydrogens is 252 g/mol. The van der Waals surface area contributed by atoms with Crippen LogP contribution in [-0.2, 0) is 6.42 Å². The normalized spacial score (nSPS) is 12.2. The minimum Gasteiger partial charge on any atom is -0.0701 e. The number of benzene rings is 2. The van der Waals surface area contributed by atoms with E-state index < -0.39 is 0 Å². The summed E-state index contributed by atoms with van der Waals surface area (Å²) in [5.74, 6) is 0. The predicted octanol–water partition coefficient (Wildman–Crippen LogP) is 6.10. The molecule has 0 spiro atoms. The van der Waals surface area contributed by atoms with Crippen molar-refractivity contribution in [3.8, 4) is 0 Å². The van der Waals surface area contributed by atoms with Crippen LogP contribution in [0.25, 0.3) is 5.57 Å². The fourth-order valence-corrected chi connectivity index (χ4v) is 2.62. The van der Waals surface area contributed by atoms with Gasteiger partial charge in [-0.25, -0.2) is 0 Å². The van der Waals surface area contributed by atoms with Crippen LogP contribution in [0.2, 0.25) is 0 Å². The molecule has 0 amide bonds. The molecule has 0 N–H and O–H groups in total. The fraction of sp³-hybridized carbons (Fsp3) is 0.333. The van der Waals surface area contributed by atoms with Gasteiger partial charge in [-0.2, -0.15) is 0 Å². The summed E-state index contributed by atoms with van der Waals surface area (Å²) in [6.07, 6.45) is 2.12. The summed E-state index contributed by atoms with van der Waals surface area (Å²) < 4.78 is 0. The lowest BCUT2D eigenvalue weighted by molar-refractivity contribution is 1.09. The Labute approximate surface area is 129 Å². The quantitative estimate of drug-likeness (QED) is 0.634. The van der Waals surface area contributed by atoms with E-state index in [0.29, 0.717) is 0 Å². The Morgan fingerprint density at radius 1 is 0.857 bits per heavy atom. The maximum Gasteiger partial charge on any atom is -0.00256 e. The SMILES string of the molecule is CC/C(C)=C(\C)c1cc(Cc2ccc(C)cc2)ccc1C. The molecule has 0 bridgehead atoms. The summed E-state index contributed by atoms with van der Waals surface area (Å²) in [6, 6.07) is 15.7. The Kier molecular flexibility index (Phi) is 5.01. The van der Waals surface area contributed by atoms with E-state index in [1.807, 2.05) is 0 Å². The van der Waals surface area contributed by atoms with Gasteiger partial charge in [0.25, 0.3) is 0 Å². The molecule has 0 aliphatic heterocycles. The standard InChI is InChI=1S/C21H26/c1-6-16(3)18(5)21-14-20(12-9-17(21)4)13-19-10-7-15(2)8-11-19/h7-12,14H,6,13H2,1-5H3/b18-16+. The minimum absolute atomic E-state index is 1.01. The summed E-state index contributed by atoms with van der Waals surface area (Å²) in [5.41, 5.74) is 9.77. The molecule has 21 heavy (non-hydrogen) atoms. The molecule has 0 saturated carbocycles. The van der Waals surface area contributed by atoms with E-state index in [-0.39, 0.29) is 0 Å². The summed E-state index contributed by atoms with van der Waals surface area (Å²) in [7, 11) is 0. The van der Waals surface area contributed by atoms with Gasteiger partial charge >= 0.3 is 0 Å². The minimum atomic E-state index is 1.01. The zero-order valence-electron chi connectivity index (χ0n) is 14.0. The highest BCUT2D eigenvalue weighted by atomic mass is 14.1. The van der Waals surface area contributed by atoms with E-state index in [1.54, 1.807) is 0 Å². The molecule has 0 unspecified atom stereocenters. The molecule has 2 aromatic rings. The third-order valence-corrected chi connectivity index (χ3v) is 4.41. The predicted molar refractivity (Wildman–Crippen MR) is 93.7 cm³/mol. The molecule has 2 aromatic carbocycles. The lowest BCUT2D eigenvalue weighted by Gasteiger charge is -2.12. The molecule has 0 aromatic heterocycles. The zero-order chi connectivity index (χ0) is 15.4. The Balaban J connectivity index is 2.32. The highest BCUT2D eigenvalue weighted by Crippen LogP contribution is 2.25. The third-order valence-electron chi connectivity index (χ3n) is 4.41. The van der Waals surface area contributed by atoms with Gasteiger partial charge in [0, 0.05) is 0 Å². The Bertz CT molecular complexity index is 642. The molecule has 0 heterocycles. The maximum absolute atomic E-state index is 2.36. The van der Waals surface area contributed by atoms with Gasteiger partial charge in [0.15, 0.2) is 0 Å². The van der Waals surface area contributed by atoms with E-state index in [2.05, 4.69) is 77.1 Å². The van der Waals surface area contributed by atoms with Gasteiger partial charge < -0.3 is 0 Å². The second kappa shape index (κ2) is 6.76. The largest absolute Gasteiger partial charge is 0.0701 e. The van der Waals surface area contributed by atoms with Crippen molar-refractivity contribution in [2.75, 3.05) is 0 Å². The molecule has 0 radical (unpaired) electrons. The lowest BCUT2D eigenvalue weighted by atomic mass is 9.93. The molecule has 0 aliphatic rings. The van der Waals surface area contributed by atoms with Crippen molar-refractivity contribution in [1.29, 1.82) is 0 Å². The summed E-state index contributed by atoms with van der Waals surface area (Å²) in [6.45, 7) is 11.1. The Morgan fingerprint density at radius 2 is 1.48 bits per heavy atom. The molecule has 0 atom stereocenters. The second-order valence-electron chi connectivity index (χ2n) is 6.07. The average Bonchev–Trinajstić information content (AvgIpc) is 2.50. The van der Waals surface area contributed by atoms with Crippen LogP contribution in [0.1, 0.15) is 55.0 Å². The first kappa shape index (κ1) is 15.6. The van der Waals surface area contributed by atoms with Crippen molar-refractivity contribution >= 4 is 5.57 Å². The number of allylic oxidation sites excluding steroid dienone is 2. The molecule has 2 rings (SSSR count). The van der Waals surface area contributed by atoms with Gasteiger partial charge in [-0.05, 0) is 68.4 Å². The topological polar surface area (TPSA) is 0 Å². The van der Waals surface area contributed by atoms with Crippen LogP contribution >= 0.6 is 0 Å². The first-order valence-electron chi connectivity index (χ1n) is 7.83. The molecule has 0 fully saturated rings. The average molecular weight is 278 g/mol. The first-order valence-corrected chi connectivity index (χ1v) is 7.83. The van der Waals surface area contributed by atoms with Gasteiger partial charge in [0.1, 0.15) is 0 Å². The summed E-state index contributed by atoms with van der Waals surface area (Å²) in [5, 5.41) is 0. The smallest absolute Gasteiger partial charge is 0.00256 e. The monoisotopic (exact) mass is 278 g/mol. The van der Waals surface area contributed by atoms with Crippen molar-refractivity contribution in [3.05, 3.63) is 75.9 Å². The van der Waals surface area contributed by atoms with Crippen LogP contribution in [0, 0.1) is 13.8 Å². The van der Waals surface area contributed by atoms with Gasteiger partial charge in [0.05, 0.1) is 0 Å². The number of hydrogen-bond donors (Lipinski definition) is 0. The molecular formula is C21H26. The molecule has 0 saturated heterocycles. The van der Waals surface area contributed by atoms with Crippen LogP contribution in [-0.4, -0.2) is 0 Å². The number of aryl methyl sites for hydroxylation is 2. The van der Waals surface area contributed by atoms with Crippen molar-refractivity contribution in [2.45, 2.75) is 47.5 Å². The van der Waals surface area contributed by atoms with E-state index in [9.17, 15) is 0 Å². The van der Waals surface area contributed by atoms with E-state index in [1.165, 1.54) is 39.0 Å². The molecule has 110 valence electrons. The van der Waals surface area contributed by atoms with E-state index in [4.69, 9.17) is 0 Å². The van der Waals surface area contributed by atoms with Crippen molar-refractivity contribution < 1.29 is 0 Å². The van der Waals surface area contributed by atoms with Gasteiger partial charge in [-0.15, -0.1) is 0 Å².